The zero-order valence-electron chi connectivity index (χ0n) is 16.9. The second kappa shape index (κ2) is 9.67. The van der Waals surface area contributed by atoms with E-state index >= 15 is 0 Å². The normalized spacial score (nSPS) is 21.2. The van der Waals surface area contributed by atoms with Crippen molar-refractivity contribution in [3.05, 3.63) is 11.6 Å². The number of carbonyl (C=O) groups excluding carboxylic acids is 1. The van der Waals surface area contributed by atoms with Crippen LogP contribution in [0.3, 0.4) is 0 Å². The molecular formula is C17H25ClN5O6P. The molecule has 3 rings (SSSR count). The Morgan fingerprint density at radius 2 is 2.20 bits per heavy atom. The molecule has 2 aromatic rings. The zero-order valence-corrected chi connectivity index (χ0v) is 18.6. The third-order valence-corrected chi connectivity index (χ3v) is 5.96. The fourth-order valence-electron chi connectivity index (χ4n) is 3.12. The van der Waals surface area contributed by atoms with Crippen LogP contribution in [0.4, 0.5) is 5.82 Å². The number of nitrogens with one attached hydrogen (secondary N) is 1. The summed E-state index contributed by atoms with van der Waals surface area (Å²) in [5.41, 5.74) is 1.13. The molecule has 0 aromatic carbocycles. The van der Waals surface area contributed by atoms with Gasteiger partial charge in [0, 0.05) is 6.54 Å². The Hall–Kier alpha value is -1.62. The molecular weight excluding hydrogens is 437 g/mol. The van der Waals surface area contributed by atoms with E-state index in [0.29, 0.717) is 36.4 Å². The van der Waals surface area contributed by atoms with Crippen molar-refractivity contribution in [2.24, 2.45) is 0 Å². The van der Waals surface area contributed by atoms with Crippen LogP contribution in [0, 0.1) is 0 Å². The van der Waals surface area contributed by atoms with Crippen LogP contribution in [0.5, 0.6) is 0 Å². The lowest BCUT2D eigenvalue weighted by Gasteiger charge is -2.29. The Bertz CT molecular complexity index is 899. The summed E-state index contributed by atoms with van der Waals surface area (Å²) < 4.78 is 18.3. The number of hydrogen-bond donors (Lipinski definition) is 3. The predicted molar refractivity (Wildman–Crippen MR) is 110 cm³/mol. The number of carbonyl (C=O) groups is 1. The van der Waals surface area contributed by atoms with Gasteiger partial charge in [-0.25, -0.2) is 9.78 Å². The molecule has 0 radical (unpaired) electrons. The fourth-order valence-corrected chi connectivity index (χ4v) is 3.71. The Morgan fingerprint density at radius 1 is 1.43 bits per heavy atom. The maximum Gasteiger partial charge on any atom is 0.347 e. The molecule has 166 valence electrons. The van der Waals surface area contributed by atoms with Crippen LogP contribution in [0.15, 0.2) is 6.33 Å². The molecule has 0 amide bonds. The molecule has 1 aliphatic heterocycles. The first kappa shape index (κ1) is 23.1. The first-order valence-electron chi connectivity index (χ1n) is 9.58. The van der Waals surface area contributed by atoms with Gasteiger partial charge in [-0.15, -0.1) is 0 Å². The molecule has 3 N–H and O–H groups in total. The Morgan fingerprint density at radius 3 is 2.87 bits per heavy atom. The van der Waals surface area contributed by atoms with Crippen LogP contribution >= 0.6 is 20.0 Å². The molecule has 13 heteroatoms. The minimum absolute atomic E-state index is 0.00320. The summed E-state index contributed by atoms with van der Waals surface area (Å²) in [6.45, 7) is 5.64. The van der Waals surface area contributed by atoms with Crippen LogP contribution in [0.25, 0.3) is 11.2 Å². The van der Waals surface area contributed by atoms with Gasteiger partial charge in [-0.1, -0.05) is 0 Å². The van der Waals surface area contributed by atoms with Crippen molar-refractivity contribution in [3.8, 4) is 0 Å². The van der Waals surface area contributed by atoms with Crippen molar-refractivity contribution in [2.45, 2.75) is 51.3 Å². The third-order valence-electron chi connectivity index (χ3n) is 4.72. The predicted octanol–water partition coefficient (Wildman–Crippen LogP) is 2.18. The quantitative estimate of drug-likeness (QED) is 0.289. The van der Waals surface area contributed by atoms with Gasteiger partial charge in [-0.2, -0.15) is 9.97 Å². The number of esters is 1. The summed E-state index contributed by atoms with van der Waals surface area (Å²) in [5.74, 6) is -0.271. The van der Waals surface area contributed by atoms with Gasteiger partial charge in [-0.05, 0) is 45.2 Å². The smallest absolute Gasteiger partial charge is 0.347 e. The maximum absolute atomic E-state index is 12.1. The number of aromatic nitrogens is 4. The highest BCUT2D eigenvalue weighted by molar-refractivity contribution is 7.48. The van der Waals surface area contributed by atoms with Crippen LogP contribution in [-0.2, 0) is 19.0 Å². The van der Waals surface area contributed by atoms with E-state index in [4.69, 9.17) is 25.8 Å². The van der Waals surface area contributed by atoms with Crippen molar-refractivity contribution in [1.82, 2.24) is 19.5 Å². The highest BCUT2D eigenvalue weighted by Crippen LogP contribution is 2.44. The summed E-state index contributed by atoms with van der Waals surface area (Å²) in [7, 11) is -2.71. The van der Waals surface area contributed by atoms with Crippen molar-refractivity contribution in [2.75, 3.05) is 25.1 Å². The molecule has 3 atom stereocenters. The highest BCUT2D eigenvalue weighted by Gasteiger charge is 2.45. The van der Waals surface area contributed by atoms with Crippen molar-refractivity contribution >= 4 is 42.9 Å². The van der Waals surface area contributed by atoms with Crippen LogP contribution < -0.4 is 5.32 Å². The molecule has 1 aliphatic rings. The van der Waals surface area contributed by atoms with Gasteiger partial charge in [-0.3, -0.25) is 4.57 Å². The zero-order chi connectivity index (χ0) is 21.9. The molecule has 1 saturated heterocycles. The van der Waals surface area contributed by atoms with E-state index in [0.717, 1.165) is 0 Å². The van der Waals surface area contributed by atoms with E-state index in [2.05, 4.69) is 20.3 Å². The number of nitrogens with zero attached hydrogens (tertiary/aromatic N) is 4. The lowest BCUT2D eigenvalue weighted by atomic mass is 10.2. The molecule has 0 saturated carbocycles. The van der Waals surface area contributed by atoms with Crippen molar-refractivity contribution in [1.29, 1.82) is 0 Å². The number of ether oxygens (including phenoxy) is 3. The number of rotatable bonds is 9. The standard InChI is InChI=1S/C17H25ClN5O6P/c1-4-19-13-12-14(22-16(18)21-13)23(9-20-12)11-7-6-10(29-11)8-28-17(3,30(25)26)15(24)27-5-2/h9-11,25-26H,4-8H2,1-3H3,(H,19,21,22)/t10?,11?,17-/m0/s1. The van der Waals surface area contributed by atoms with E-state index in [-0.39, 0.29) is 30.8 Å². The molecule has 0 aliphatic carbocycles. The summed E-state index contributed by atoms with van der Waals surface area (Å²) in [5, 5.41) is 1.37. The number of halogens is 1. The van der Waals surface area contributed by atoms with Gasteiger partial charge in [0.2, 0.25) is 19.0 Å². The number of imidazole rings is 1. The third kappa shape index (κ3) is 4.66. The monoisotopic (exact) mass is 461 g/mol. The van der Waals surface area contributed by atoms with Gasteiger partial charge < -0.3 is 29.3 Å². The van der Waals surface area contributed by atoms with E-state index < -0.39 is 19.7 Å². The second-order valence-corrected chi connectivity index (χ2v) is 8.56. The number of hydrogen-bond acceptors (Lipinski definition) is 10. The van der Waals surface area contributed by atoms with E-state index in [1.54, 1.807) is 17.8 Å². The van der Waals surface area contributed by atoms with Gasteiger partial charge >= 0.3 is 5.97 Å². The molecule has 1 fully saturated rings. The Labute approximate surface area is 179 Å². The highest BCUT2D eigenvalue weighted by atomic mass is 35.5. The summed E-state index contributed by atoms with van der Waals surface area (Å²) in [6.07, 6.45) is 2.19. The van der Waals surface area contributed by atoms with Gasteiger partial charge in [0.05, 0.1) is 25.6 Å². The summed E-state index contributed by atoms with van der Waals surface area (Å²) in [4.78, 5) is 44.3. The molecule has 0 spiro atoms. The van der Waals surface area contributed by atoms with E-state index in [1.165, 1.54) is 6.92 Å². The molecule has 3 heterocycles. The number of anilines is 1. The Balaban J connectivity index is 1.70. The molecule has 2 unspecified atom stereocenters. The van der Waals surface area contributed by atoms with Gasteiger partial charge in [0.15, 0.2) is 17.0 Å². The largest absolute Gasteiger partial charge is 0.463 e. The first-order chi connectivity index (χ1) is 14.3. The SMILES string of the molecule is CCNc1nc(Cl)nc2c1ncn2C1CCC(CO[C@](C)(C(=O)OCC)P(O)O)O1. The molecule has 0 bridgehead atoms. The van der Waals surface area contributed by atoms with Crippen LogP contribution in [0.1, 0.15) is 39.8 Å². The van der Waals surface area contributed by atoms with Crippen LogP contribution in [-0.4, -0.2) is 66.5 Å². The van der Waals surface area contributed by atoms with Crippen molar-refractivity contribution < 1.29 is 28.8 Å². The lowest BCUT2D eigenvalue weighted by molar-refractivity contribution is -0.164. The molecule has 2 aromatic heterocycles. The van der Waals surface area contributed by atoms with Gasteiger partial charge in [0.25, 0.3) is 0 Å². The first-order valence-corrected chi connectivity index (χ1v) is 11.2. The minimum atomic E-state index is -2.71. The Kier molecular flexibility index (Phi) is 7.43. The fraction of sp³-hybridized carbons (Fsp3) is 0.647. The van der Waals surface area contributed by atoms with Gasteiger partial charge in [0.1, 0.15) is 6.23 Å². The van der Waals surface area contributed by atoms with E-state index in [1.807, 2.05) is 6.92 Å². The maximum atomic E-state index is 12.1. The second-order valence-electron chi connectivity index (χ2n) is 6.79. The minimum Gasteiger partial charge on any atom is -0.463 e. The average Bonchev–Trinajstić information content (AvgIpc) is 3.33. The van der Waals surface area contributed by atoms with Crippen molar-refractivity contribution in [3.63, 3.8) is 0 Å². The summed E-state index contributed by atoms with van der Waals surface area (Å²) >= 11 is 6.06. The van der Waals surface area contributed by atoms with Crippen LogP contribution in [0.2, 0.25) is 5.28 Å². The molecule has 30 heavy (non-hydrogen) atoms. The average molecular weight is 462 g/mol. The van der Waals surface area contributed by atoms with E-state index in [9.17, 15) is 14.6 Å². The topological polar surface area (TPSA) is 141 Å². The number of fused-ring (bicyclic) bond motifs is 1. The lowest BCUT2D eigenvalue weighted by Crippen LogP contribution is -2.40. The molecule has 11 nitrogen and oxygen atoms in total. The summed E-state index contributed by atoms with van der Waals surface area (Å²) in [6, 6.07) is 0.